The summed E-state index contributed by atoms with van der Waals surface area (Å²) in [6.45, 7) is 23.0. The van der Waals surface area contributed by atoms with Crippen molar-refractivity contribution in [3.05, 3.63) is 196 Å². The SMILES string of the molecule is CC1(C)CN=C(Nc2cc(C(=O)NNC(=O)C[C@@H](CC(=O)O)c3cc(Cl)cc(Cl)c3O)c[nH]c2=O)NC1.CC1(C)CN=C(Nc2cc(C(=O)O)c[nH]c2=O)NC1.CCOC(=O)C[C@H](NC(=O)CNC(=O)c1c[nH]c(=O)c(NC2=NCC(C)(C)CN2)c1)c1cc(Cl)cc(Cl)c1O.COC(=O)c1c[nH]c(=O)c(N=C(N)SC)c1.COC(=O)c1c[nH]c(=O)c(NC2=NCC(C)(C)CN2)c1. The number of phenolic OH excluding ortho intramolecular Hbond substituents is 2. The Labute approximate surface area is 771 Å². The number of aromatic carboxylic acids is 1. The number of pyridine rings is 5. The number of nitrogens with one attached hydrogen (secondary N) is 17. The number of thioether (sulfide) groups is 1. The number of carboxylic acids is 2. The first-order valence-corrected chi connectivity index (χ1v) is 42.4. The number of carbonyl (C=O) groups excluding carboxylic acids is 7. The fourth-order valence-corrected chi connectivity index (χ4v) is 12.7. The summed E-state index contributed by atoms with van der Waals surface area (Å²) in [5.41, 5.74) is 9.39. The summed E-state index contributed by atoms with van der Waals surface area (Å²) in [7, 11) is 2.54. The van der Waals surface area contributed by atoms with E-state index in [2.05, 4.69) is 165 Å². The number of carbonyl (C=O) groups is 9. The van der Waals surface area contributed by atoms with Gasteiger partial charge >= 0.3 is 29.8 Å². The molecule has 0 saturated heterocycles. The van der Waals surface area contributed by atoms with Gasteiger partial charge in [0.1, 0.15) is 39.9 Å². The maximum Gasteiger partial charge on any atom is 0.339 e. The Bertz CT molecular complexity index is 5910. The highest BCUT2D eigenvalue weighted by molar-refractivity contribution is 8.13. The molecular weight excluding hydrogens is 1820 g/mol. The summed E-state index contributed by atoms with van der Waals surface area (Å²) in [5, 5.41) is 68.0. The molecule has 0 unspecified atom stereocenters. The van der Waals surface area contributed by atoms with Crippen LogP contribution >= 0.6 is 58.2 Å². The Kier molecular flexibility index (Phi) is 37.7. The Hall–Kier alpha value is -13.9. The van der Waals surface area contributed by atoms with Crippen molar-refractivity contribution in [2.75, 3.05) is 107 Å². The second-order valence-corrected chi connectivity index (χ2v) is 34.8. The van der Waals surface area contributed by atoms with Crippen LogP contribution in [0, 0.1) is 21.7 Å². The molecular formula is C82H101Cl4N23O21S. The molecule has 0 aliphatic carbocycles. The van der Waals surface area contributed by atoms with E-state index in [0.29, 0.717) is 63.1 Å². The second kappa shape index (κ2) is 47.4. The van der Waals surface area contributed by atoms with Crippen LogP contribution in [0.3, 0.4) is 0 Å². The summed E-state index contributed by atoms with van der Waals surface area (Å²) in [6, 6.07) is 10.9. The van der Waals surface area contributed by atoms with E-state index in [-0.39, 0.29) is 150 Å². The Morgan fingerprint density at radius 2 is 0.870 bits per heavy atom. The minimum absolute atomic E-state index is 0.0128. The number of methoxy groups -OCH3 is 2. The van der Waals surface area contributed by atoms with E-state index in [0.717, 1.165) is 19.3 Å². The number of halogens is 4. The van der Waals surface area contributed by atoms with Crippen molar-refractivity contribution in [3.8, 4) is 11.5 Å². The molecule has 0 saturated carbocycles. The van der Waals surface area contributed by atoms with Gasteiger partial charge in [-0.1, -0.05) is 114 Å². The first kappa shape index (κ1) is 104. The molecule has 704 valence electrons. The number of benzene rings is 2. The molecule has 131 heavy (non-hydrogen) atoms. The van der Waals surface area contributed by atoms with Crippen molar-refractivity contribution >= 4 is 169 Å². The number of aliphatic carboxylic acids is 1. The number of hydrogen-bond donors (Lipinski definition) is 22. The average Bonchev–Trinajstić information content (AvgIpc) is 0.584. The number of phenols is 2. The number of nitrogens with two attached hydrogens (primary N) is 1. The third-order valence-electron chi connectivity index (χ3n) is 18.7. The van der Waals surface area contributed by atoms with Crippen molar-refractivity contribution in [1.82, 2.24) is 67.7 Å². The van der Waals surface area contributed by atoms with Crippen molar-refractivity contribution < 1.29 is 77.8 Å². The van der Waals surface area contributed by atoms with Gasteiger partial charge in [0, 0.05) is 139 Å². The molecule has 4 aliphatic rings. The molecule has 0 fully saturated rings. The molecule has 7 aromatic rings. The summed E-state index contributed by atoms with van der Waals surface area (Å²) >= 11 is 25.1. The number of ether oxygens (including phenoxy) is 3. The van der Waals surface area contributed by atoms with Gasteiger partial charge in [0.2, 0.25) is 11.8 Å². The van der Waals surface area contributed by atoms with E-state index in [9.17, 15) is 82.4 Å². The van der Waals surface area contributed by atoms with Gasteiger partial charge in [0.05, 0.1) is 84.1 Å². The van der Waals surface area contributed by atoms with Crippen LogP contribution in [0.15, 0.2) is 135 Å². The van der Waals surface area contributed by atoms with Gasteiger partial charge in [-0.25, -0.2) is 19.4 Å². The number of amides is 4. The number of hydrogen-bond acceptors (Lipinski definition) is 33. The first-order chi connectivity index (χ1) is 61.6. The van der Waals surface area contributed by atoms with E-state index < -0.39 is 101 Å². The number of esters is 3. The molecule has 0 radical (unpaired) electrons. The zero-order chi connectivity index (χ0) is 97.0. The zero-order valence-corrected chi connectivity index (χ0v) is 76.7. The number of aliphatic imine (C=N–C) groups is 5. The van der Waals surface area contributed by atoms with Crippen LogP contribution in [0.5, 0.6) is 11.5 Å². The molecule has 4 aliphatic heterocycles. The Balaban J connectivity index is 0.000000234. The van der Waals surface area contributed by atoms with Crippen LogP contribution in [-0.2, 0) is 33.4 Å². The Morgan fingerprint density at radius 1 is 0.496 bits per heavy atom. The van der Waals surface area contributed by atoms with Crippen LogP contribution in [0.2, 0.25) is 20.1 Å². The number of H-pyrrole nitrogens is 5. The minimum Gasteiger partial charge on any atom is -0.506 e. The normalized spacial score (nSPS) is 15.1. The molecule has 9 heterocycles. The predicted molar refractivity (Wildman–Crippen MR) is 497 cm³/mol. The van der Waals surface area contributed by atoms with Crippen LogP contribution in [-0.4, -0.2) is 214 Å². The van der Waals surface area contributed by atoms with Crippen LogP contribution < -0.4 is 97.5 Å². The summed E-state index contributed by atoms with van der Waals surface area (Å²) in [6.07, 6.45) is 6.64. The lowest BCUT2D eigenvalue weighted by Gasteiger charge is -2.29. The number of aromatic hydroxyl groups is 2. The van der Waals surface area contributed by atoms with Crippen LogP contribution in [0.1, 0.15) is 156 Å². The number of nitrogens with zero attached hydrogens (tertiary/aromatic N) is 5. The van der Waals surface area contributed by atoms with Gasteiger partial charge in [0.15, 0.2) is 29.0 Å². The molecule has 2 atom stereocenters. The van der Waals surface area contributed by atoms with Crippen molar-refractivity contribution in [3.63, 3.8) is 0 Å². The topological polar surface area (TPSA) is 659 Å². The van der Waals surface area contributed by atoms with E-state index in [4.69, 9.17) is 62.0 Å². The summed E-state index contributed by atoms with van der Waals surface area (Å²) in [5.74, 6) is -6.70. The molecule has 2 aromatic carbocycles. The first-order valence-electron chi connectivity index (χ1n) is 39.6. The highest BCUT2D eigenvalue weighted by atomic mass is 35.5. The van der Waals surface area contributed by atoms with E-state index in [1.54, 1.807) is 13.2 Å². The third-order valence-corrected chi connectivity index (χ3v) is 20.2. The third kappa shape index (κ3) is 33.0. The van der Waals surface area contributed by atoms with Gasteiger partial charge in [-0.2, -0.15) is 0 Å². The standard InChI is InChI=1S/C25H30Cl2N6O6.C23H26Cl2N6O6.C13H18N4O3.C12H16N4O3.C9H11N3O3S/c1-4-39-20(35)8-17(15-6-14(26)7-16(27)21(15)36)32-19(34)10-29-22(37)13-5-18(23(38)28-9-13)33-24-30-11-25(2,3)12-31-24;1-23(2)9-27-22(28-10-23)29-16-3-12(8-26-21(16)37)20(36)31-30-17(32)4-11(5-18(33)34)14-6-13(24)7-15(25)19(14)35;1-13(2)6-15-12(16-7-13)17-9-4-8(11(19)20-3)5-14-10(9)18;1-12(2)5-14-11(15-6-12)16-8-3-7(10(18)19)4-13-9(8)17;1-15-8(14)5-3-6(7(13)11-4-5)12-9(10)16-2/h5-7,9,17,36H,4,8,10-12H2,1-3H3,(H,28,38)(H,29,37)(H,32,34)(H2,30,31,33);3,6-8,11,35H,4-5,9-10H2,1-2H3,(H,26,37)(H,30,32)(H,31,36)(H,33,34)(H2,27,28,29);4-5H,6-7H2,1-3H3,(H,14,18)(H2,15,16,17);3-4H,5-6H2,1-2H3,(H,13,17)(H,18,19)(H2,14,15,16);3-4H,1-2H3,(H2,10,12)(H,11,13)/t17-;11-;;;/m00.../s1. The molecule has 44 nitrogen and oxygen atoms in total. The van der Waals surface area contributed by atoms with E-state index in [1.807, 2.05) is 13.8 Å². The van der Waals surface area contributed by atoms with E-state index >= 15 is 0 Å². The zero-order valence-electron chi connectivity index (χ0n) is 72.9. The van der Waals surface area contributed by atoms with Crippen molar-refractivity contribution in [2.24, 2.45) is 52.4 Å². The van der Waals surface area contributed by atoms with Gasteiger partial charge < -0.3 is 118 Å². The average molecular weight is 1920 g/mol. The number of guanidine groups is 4. The Morgan fingerprint density at radius 3 is 1.26 bits per heavy atom. The summed E-state index contributed by atoms with van der Waals surface area (Å²) in [4.78, 5) is 200. The number of rotatable bonds is 22. The largest absolute Gasteiger partial charge is 0.506 e. The maximum atomic E-state index is 12.7. The minimum atomic E-state index is -1.22. The molecule has 49 heteroatoms. The number of aromatic nitrogens is 5. The number of anilines is 4. The van der Waals surface area contributed by atoms with Gasteiger partial charge in [0.25, 0.3) is 39.6 Å². The molecule has 4 amide bonds. The molecule has 11 rings (SSSR count). The lowest BCUT2D eigenvalue weighted by atomic mass is 9.91. The highest BCUT2D eigenvalue weighted by Crippen LogP contribution is 2.39. The smallest absolute Gasteiger partial charge is 0.339 e. The van der Waals surface area contributed by atoms with Gasteiger partial charge in [-0.15, -0.1) is 0 Å². The fraction of sp³-hybridized carbons (Fsp3) is 0.378. The predicted octanol–water partition coefficient (Wildman–Crippen LogP) is 6.02. The van der Waals surface area contributed by atoms with Crippen LogP contribution in [0.25, 0.3) is 0 Å². The number of carboxylic acid groups (broad SMARTS) is 2. The van der Waals surface area contributed by atoms with Gasteiger partial charge in [-0.3, -0.25) is 83.6 Å². The maximum absolute atomic E-state index is 12.7. The lowest BCUT2D eigenvalue weighted by Crippen LogP contribution is -2.45. The fourth-order valence-electron chi connectivity index (χ4n) is 11.5. The monoisotopic (exact) mass is 1920 g/mol. The number of hydrazine groups is 1. The van der Waals surface area contributed by atoms with Crippen LogP contribution in [0.4, 0.5) is 28.4 Å². The lowest BCUT2D eigenvalue weighted by molar-refractivity contribution is -0.144. The van der Waals surface area contributed by atoms with Gasteiger partial charge in [-0.05, 0) is 67.8 Å². The highest BCUT2D eigenvalue weighted by Gasteiger charge is 2.31. The second-order valence-electron chi connectivity index (χ2n) is 32.3. The molecule has 0 bridgehead atoms. The molecule has 0 spiro atoms. The van der Waals surface area contributed by atoms with Crippen molar-refractivity contribution in [2.45, 2.75) is 93.5 Å². The van der Waals surface area contributed by atoms with Crippen molar-refractivity contribution in [1.29, 1.82) is 0 Å². The molecule has 23 N–H and O–H groups in total. The number of aromatic amines is 5. The summed E-state index contributed by atoms with van der Waals surface area (Å²) < 4.78 is 14.1. The van der Waals surface area contributed by atoms with E-state index in [1.165, 1.54) is 105 Å². The quantitative estimate of drug-likeness (QED) is 0.0121. The number of amidine groups is 1. The molecule has 5 aromatic heterocycles.